The molecule has 1 fully saturated rings. The number of carbonyl (C=O) groups excluding carboxylic acids is 1. The Hall–Kier alpha value is -1.23. The molecule has 1 aliphatic rings. The summed E-state index contributed by atoms with van der Waals surface area (Å²) in [5.74, 6) is 0.688. The van der Waals surface area contributed by atoms with Crippen LogP contribution in [0.5, 0.6) is 0 Å². The highest BCUT2D eigenvalue weighted by atomic mass is 32.2. The lowest BCUT2D eigenvalue weighted by atomic mass is 9.84. The first-order valence-electron chi connectivity index (χ1n) is 7.23. The van der Waals surface area contributed by atoms with Gasteiger partial charge in [0.2, 0.25) is 0 Å². The highest BCUT2D eigenvalue weighted by Crippen LogP contribution is 2.42. The van der Waals surface area contributed by atoms with Gasteiger partial charge in [0.05, 0.1) is 0 Å². The number of pyridine rings is 1. The lowest BCUT2D eigenvalue weighted by Crippen LogP contribution is -2.45. The molecule has 2 rings (SSSR count). The van der Waals surface area contributed by atoms with Crippen LogP contribution in [0.2, 0.25) is 0 Å². The molecule has 1 aromatic heterocycles. The number of aromatic nitrogens is 1. The molecule has 0 bridgehead atoms. The van der Waals surface area contributed by atoms with Crippen LogP contribution in [0, 0.1) is 0 Å². The molecular formula is C15H23N3OS. The summed E-state index contributed by atoms with van der Waals surface area (Å²) >= 11 is 1.86. The molecule has 2 N–H and O–H groups in total. The minimum atomic E-state index is -0.0783. The normalized spacial score (nSPS) is 16.3. The fraction of sp³-hybridized carbons (Fsp3) is 0.600. The third-order valence-corrected chi connectivity index (χ3v) is 5.23. The molecule has 1 amide bonds. The van der Waals surface area contributed by atoms with E-state index in [1.54, 1.807) is 6.07 Å². The van der Waals surface area contributed by atoms with Crippen LogP contribution >= 0.6 is 11.8 Å². The summed E-state index contributed by atoms with van der Waals surface area (Å²) in [5, 5.41) is 6.23. The van der Waals surface area contributed by atoms with Crippen LogP contribution in [0.4, 0.5) is 5.82 Å². The minimum absolute atomic E-state index is 0.0783. The second-order valence-corrected chi connectivity index (χ2v) is 6.53. The number of anilines is 1. The average molecular weight is 293 g/mol. The van der Waals surface area contributed by atoms with E-state index in [4.69, 9.17) is 0 Å². The molecule has 5 heteroatoms. The third-order valence-electron chi connectivity index (χ3n) is 3.81. The van der Waals surface area contributed by atoms with E-state index in [0.29, 0.717) is 5.69 Å². The number of nitrogens with one attached hydrogen (secondary N) is 2. The molecule has 20 heavy (non-hydrogen) atoms. The zero-order chi connectivity index (χ0) is 14.4. The Labute approximate surface area is 125 Å². The summed E-state index contributed by atoms with van der Waals surface area (Å²) in [5.41, 5.74) is 0.488. The molecule has 4 nitrogen and oxygen atoms in total. The molecule has 0 atom stereocenters. The Morgan fingerprint density at radius 3 is 2.85 bits per heavy atom. The number of thioether (sulfide) groups is 1. The molecule has 1 heterocycles. The monoisotopic (exact) mass is 293 g/mol. The molecule has 0 saturated heterocycles. The Bertz CT molecular complexity index is 455. The van der Waals surface area contributed by atoms with Gasteiger partial charge in [0.15, 0.2) is 0 Å². The van der Waals surface area contributed by atoms with Crippen molar-refractivity contribution in [2.45, 2.75) is 37.4 Å². The number of rotatable bonds is 7. The maximum Gasteiger partial charge on any atom is 0.270 e. The maximum atomic E-state index is 12.2. The van der Waals surface area contributed by atoms with Gasteiger partial charge >= 0.3 is 0 Å². The second-order valence-electron chi connectivity index (χ2n) is 5.26. The summed E-state index contributed by atoms with van der Waals surface area (Å²) in [6.07, 6.45) is 6.82. The van der Waals surface area contributed by atoms with Gasteiger partial charge in [0.25, 0.3) is 5.91 Å². The van der Waals surface area contributed by atoms with E-state index >= 15 is 0 Å². The van der Waals surface area contributed by atoms with Crippen LogP contribution < -0.4 is 10.6 Å². The van der Waals surface area contributed by atoms with Gasteiger partial charge in [-0.3, -0.25) is 4.79 Å². The predicted octanol–water partition coefficient (Wildman–Crippen LogP) is 2.92. The number of hydrogen-bond donors (Lipinski definition) is 2. The van der Waals surface area contributed by atoms with E-state index < -0.39 is 0 Å². The molecule has 0 unspecified atom stereocenters. The summed E-state index contributed by atoms with van der Waals surface area (Å²) in [6, 6.07) is 5.52. The molecule has 1 aromatic rings. The quantitative estimate of drug-likeness (QED) is 0.811. The summed E-state index contributed by atoms with van der Waals surface area (Å²) in [4.78, 5) is 16.5. The van der Waals surface area contributed by atoms with E-state index in [-0.39, 0.29) is 10.7 Å². The average Bonchev–Trinajstić information content (AvgIpc) is 2.44. The van der Waals surface area contributed by atoms with Crippen molar-refractivity contribution in [3.05, 3.63) is 23.9 Å². The number of carbonyl (C=O) groups is 1. The molecular weight excluding hydrogens is 270 g/mol. The lowest BCUT2D eigenvalue weighted by Gasteiger charge is -2.40. The van der Waals surface area contributed by atoms with Gasteiger partial charge in [-0.15, -0.1) is 0 Å². The van der Waals surface area contributed by atoms with E-state index in [9.17, 15) is 4.79 Å². The summed E-state index contributed by atoms with van der Waals surface area (Å²) in [6.45, 7) is 3.71. The predicted molar refractivity (Wildman–Crippen MR) is 85.4 cm³/mol. The smallest absolute Gasteiger partial charge is 0.270 e. The standard InChI is InChI=1S/C15H23N3OS/c1-3-10-16-13-7-4-6-12(18-13)14(19)17-11-15(20-2)8-5-9-15/h4,6-7H,3,5,8-11H2,1-2H3,(H,16,18)(H,17,19). The highest BCUT2D eigenvalue weighted by Gasteiger charge is 2.36. The fourth-order valence-corrected chi connectivity index (χ4v) is 3.18. The maximum absolute atomic E-state index is 12.2. The lowest BCUT2D eigenvalue weighted by molar-refractivity contribution is 0.0939. The van der Waals surface area contributed by atoms with Gasteiger partial charge in [-0.25, -0.2) is 4.98 Å². The van der Waals surface area contributed by atoms with Gasteiger partial charge < -0.3 is 10.6 Å². The Morgan fingerprint density at radius 2 is 2.25 bits per heavy atom. The van der Waals surface area contributed by atoms with Crippen molar-refractivity contribution in [3.8, 4) is 0 Å². The molecule has 0 aliphatic heterocycles. The SMILES string of the molecule is CCCNc1cccc(C(=O)NCC2(SC)CCC2)n1. The minimum Gasteiger partial charge on any atom is -0.370 e. The zero-order valence-corrected chi connectivity index (χ0v) is 13.1. The molecule has 1 aliphatic carbocycles. The topological polar surface area (TPSA) is 54.0 Å². The molecule has 110 valence electrons. The van der Waals surface area contributed by atoms with E-state index in [0.717, 1.165) is 25.3 Å². The van der Waals surface area contributed by atoms with Crippen molar-refractivity contribution < 1.29 is 4.79 Å². The van der Waals surface area contributed by atoms with Gasteiger partial charge in [-0.1, -0.05) is 19.4 Å². The van der Waals surface area contributed by atoms with E-state index in [1.165, 1.54) is 19.3 Å². The molecule has 1 saturated carbocycles. The van der Waals surface area contributed by atoms with Crippen molar-refractivity contribution in [2.24, 2.45) is 0 Å². The molecule has 0 radical (unpaired) electrons. The first-order chi connectivity index (χ1) is 9.69. The van der Waals surface area contributed by atoms with Crippen molar-refractivity contribution >= 4 is 23.5 Å². The van der Waals surface area contributed by atoms with Crippen LogP contribution in [-0.2, 0) is 0 Å². The van der Waals surface area contributed by atoms with Crippen molar-refractivity contribution in [3.63, 3.8) is 0 Å². The van der Waals surface area contributed by atoms with Gasteiger partial charge in [0, 0.05) is 17.8 Å². The largest absolute Gasteiger partial charge is 0.370 e. The first-order valence-corrected chi connectivity index (χ1v) is 8.46. The van der Waals surface area contributed by atoms with E-state index in [1.807, 2.05) is 23.9 Å². The van der Waals surface area contributed by atoms with Crippen LogP contribution in [0.1, 0.15) is 43.1 Å². The summed E-state index contributed by atoms with van der Waals surface area (Å²) < 4.78 is 0.258. The van der Waals surface area contributed by atoms with Gasteiger partial charge in [-0.2, -0.15) is 11.8 Å². The van der Waals surface area contributed by atoms with Crippen molar-refractivity contribution in [2.75, 3.05) is 24.7 Å². The van der Waals surface area contributed by atoms with E-state index in [2.05, 4.69) is 28.8 Å². The Balaban J connectivity index is 1.91. The van der Waals surface area contributed by atoms with Crippen LogP contribution in [0.3, 0.4) is 0 Å². The van der Waals surface area contributed by atoms with Gasteiger partial charge in [0.1, 0.15) is 11.5 Å². The Morgan fingerprint density at radius 1 is 1.45 bits per heavy atom. The Kier molecular flexibility index (Phi) is 5.29. The van der Waals surface area contributed by atoms with Crippen LogP contribution in [0.15, 0.2) is 18.2 Å². The number of hydrogen-bond acceptors (Lipinski definition) is 4. The second kappa shape index (κ2) is 6.97. The summed E-state index contributed by atoms with van der Waals surface area (Å²) in [7, 11) is 0. The number of nitrogens with zero attached hydrogens (tertiary/aromatic N) is 1. The highest BCUT2D eigenvalue weighted by molar-refractivity contribution is 8.00. The third kappa shape index (κ3) is 3.66. The van der Waals surface area contributed by atoms with Crippen LogP contribution in [-0.4, -0.2) is 35.0 Å². The van der Waals surface area contributed by atoms with Crippen molar-refractivity contribution in [1.82, 2.24) is 10.3 Å². The van der Waals surface area contributed by atoms with Crippen LogP contribution in [0.25, 0.3) is 0 Å². The number of amides is 1. The molecule has 0 spiro atoms. The zero-order valence-electron chi connectivity index (χ0n) is 12.2. The van der Waals surface area contributed by atoms with Crippen molar-refractivity contribution in [1.29, 1.82) is 0 Å². The first kappa shape index (κ1) is 15.2. The van der Waals surface area contributed by atoms with Gasteiger partial charge in [-0.05, 0) is 37.7 Å². The fourth-order valence-electron chi connectivity index (χ4n) is 2.27. The molecule has 0 aromatic carbocycles.